The Hall–Kier alpha value is -2.47. The van der Waals surface area contributed by atoms with Crippen molar-refractivity contribution < 1.29 is 18.3 Å². The molecule has 4 nitrogen and oxygen atoms in total. The van der Waals surface area contributed by atoms with Gasteiger partial charge in [0.25, 0.3) is 0 Å². The SMILES string of the molecule is CC(C)COc1ccc(CC(=O)N(Cc2ccc(F)cc2F)C2CCN(C)CC2)cc1. The summed E-state index contributed by atoms with van der Waals surface area (Å²) < 4.78 is 33.3. The topological polar surface area (TPSA) is 32.8 Å². The van der Waals surface area contributed by atoms with Crippen molar-refractivity contribution in [2.45, 2.75) is 45.7 Å². The van der Waals surface area contributed by atoms with E-state index in [1.807, 2.05) is 24.3 Å². The Labute approximate surface area is 183 Å². The molecule has 1 amide bonds. The zero-order valence-electron chi connectivity index (χ0n) is 18.6. The molecule has 1 heterocycles. The van der Waals surface area contributed by atoms with Crippen LogP contribution in [-0.4, -0.2) is 48.5 Å². The largest absolute Gasteiger partial charge is 0.493 e. The standard InChI is InChI=1S/C25H32F2N2O2/c1-18(2)17-31-23-8-4-19(5-9-23)14-25(30)29(22-10-12-28(3)13-11-22)16-20-6-7-21(26)15-24(20)27/h4-9,15,18,22H,10-14,16-17H2,1-3H3. The summed E-state index contributed by atoms with van der Waals surface area (Å²) in [7, 11) is 2.06. The highest BCUT2D eigenvalue weighted by Gasteiger charge is 2.28. The lowest BCUT2D eigenvalue weighted by atomic mass is 10.0. The summed E-state index contributed by atoms with van der Waals surface area (Å²) in [5, 5.41) is 0. The number of carbonyl (C=O) groups excluding carboxylic acids is 1. The molecule has 0 atom stereocenters. The van der Waals surface area contributed by atoms with E-state index < -0.39 is 11.6 Å². The maximum Gasteiger partial charge on any atom is 0.227 e. The number of nitrogens with zero attached hydrogens (tertiary/aromatic N) is 2. The molecule has 3 rings (SSSR count). The number of halogens is 2. The van der Waals surface area contributed by atoms with Crippen molar-refractivity contribution in [3.63, 3.8) is 0 Å². The molecule has 0 radical (unpaired) electrons. The van der Waals surface area contributed by atoms with Crippen LogP contribution in [0.5, 0.6) is 5.75 Å². The third-order valence-corrected chi connectivity index (χ3v) is 5.67. The number of piperidine rings is 1. The van der Waals surface area contributed by atoms with Crippen LogP contribution in [0.25, 0.3) is 0 Å². The minimum absolute atomic E-state index is 0.0433. The smallest absolute Gasteiger partial charge is 0.227 e. The van der Waals surface area contributed by atoms with E-state index in [2.05, 4.69) is 25.8 Å². The van der Waals surface area contributed by atoms with Gasteiger partial charge in [-0.25, -0.2) is 8.78 Å². The van der Waals surface area contributed by atoms with Crippen molar-refractivity contribution >= 4 is 5.91 Å². The second-order valence-corrected chi connectivity index (χ2v) is 8.82. The fourth-order valence-corrected chi connectivity index (χ4v) is 3.80. The highest BCUT2D eigenvalue weighted by molar-refractivity contribution is 5.79. The quantitative estimate of drug-likeness (QED) is 0.610. The van der Waals surface area contributed by atoms with Gasteiger partial charge in [-0.3, -0.25) is 4.79 Å². The predicted molar refractivity (Wildman–Crippen MR) is 118 cm³/mol. The average molecular weight is 431 g/mol. The third kappa shape index (κ3) is 6.76. The number of likely N-dealkylation sites (tertiary alicyclic amines) is 1. The van der Waals surface area contributed by atoms with E-state index in [0.29, 0.717) is 18.1 Å². The zero-order valence-corrected chi connectivity index (χ0v) is 18.6. The van der Waals surface area contributed by atoms with E-state index in [1.54, 1.807) is 4.90 Å². The molecule has 0 N–H and O–H groups in total. The number of hydrogen-bond donors (Lipinski definition) is 0. The van der Waals surface area contributed by atoms with Gasteiger partial charge < -0.3 is 14.5 Å². The number of amides is 1. The van der Waals surface area contributed by atoms with E-state index in [-0.39, 0.29) is 24.9 Å². The molecule has 2 aromatic carbocycles. The molecule has 0 spiro atoms. The minimum atomic E-state index is -0.614. The number of benzene rings is 2. The van der Waals surface area contributed by atoms with Crippen LogP contribution < -0.4 is 4.74 Å². The van der Waals surface area contributed by atoms with Crippen LogP contribution in [0.15, 0.2) is 42.5 Å². The fourth-order valence-electron chi connectivity index (χ4n) is 3.80. The van der Waals surface area contributed by atoms with E-state index in [1.165, 1.54) is 12.1 Å². The van der Waals surface area contributed by atoms with Gasteiger partial charge in [-0.2, -0.15) is 0 Å². The van der Waals surface area contributed by atoms with Crippen LogP contribution in [0.4, 0.5) is 8.78 Å². The highest BCUT2D eigenvalue weighted by atomic mass is 19.1. The van der Waals surface area contributed by atoms with Crippen molar-refractivity contribution in [1.29, 1.82) is 0 Å². The second-order valence-electron chi connectivity index (χ2n) is 8.82. The van der Waals surface area contributed by atoms with E-state index >= 15 is 0 Å². The van der Waals surface area contributed by atoms with E-state index in [4.69, 9.17) is 4.74 Å². The summed E-state index contributed by atoms with van der Waals surface area (Å²) in [5.74, 6) is -0.0497. The zero-order chi connectivity index (χ0) is 22.4. The van der Waals surface area contributed by atoms with Gasteiger partial charge >= 0.3 is 0 Å². The molecule has 0 bridgehead atoms. The molecular weight excluding hydrogens is 398 g/mol. The van der Waals surface area contributed by atoms with Crippen LogP contribution >= 0.6 is 0 Å². The van der Waals surface area contributed by atoms with Crippen molar-refractivity contribution in [2.75, 3.05) is 26.7 Å². The lowest BCUT2D eigenvalue weighted by Gasteiger charge is -2.37. The first-order valence-electron chi connectivity index (χ1n) is 11.0. The Kier molecular flexibility index (Phi) is 8.02. The van der Waals surface area contributed by atoms with Gasteiger partial charge in [0.1, 0.15) is 17.4 Å². The Morgan fingerprint density at radius 1 is 1.13 bits per heavy atom. The molecule has 31 heavy (non-hydrogen) atoms. The molecule has 1 aliphatic rings. The van der Waals surface area contributed by atoms with Gasteiger partial charge in [-0.05, 0) is 62.7 Å². The van der Waals surface area contributed by atoms with Gasteiger partial charge in [0, 0.05) is 24.2 Å². The second kappa shape index (κ2) is 10.7. The Balaban J connectivity index is 1.72. The maximum atomic E-state index is 14.3. The van der Waals surface area contributed by atoms with Gasteiger partial charge in [0.15, 0.2) is 0 Å². The number of carbonyl (C=O) groups is 1. The number of rotatable bonds is 8. The first-order valence-corrected chi connectivity index (χ1v) is 11.0. The van der Waals surface area contributed by atoms with Gasteiger partial charge in [0.05, 0.1) is 13.0 Å². The monoisotopic (exact) mass is 430 g/mol. The maximum absolute atomic E-state index is 14.3. The van der Waals surface area contributed by atoms with Gasteiger partial charge in [-0.15, -0.1) is 0 Å². The molecule has 6 heteroatoms. The molecular formula is C25H32F2N2O2. The third-order valence-electron chi connectivity index (χ3n) is 5.67. The fraction of sp³-hybridized carbons (Fsp3) is 0.480. The highest BCUT2D eigenvalue weighted by Crippen LogP contribution is 2.22. The normalized spacial score (nSPS) is 15.3. The lowest BCUT2D eigenvalue weighted by molar-refractivity contribution is -0.134. The number of ether oxygens (including phenoxy) is 1. The van der Waals surface area contributed by atoms with Crippen molar-refractivity contribution in [1.82, 2.24) is 9.80 Å². The summed E-state index contributed by atoms with van der Waals surface area (Å²) >= 11 is 0. The molecule has 0 saturated carbocycles. The summed E-state index contributed by atoms with van der Waals surface area (Å²) in [6, 6.07) is 11.2. The molecule has 168 valence electrons. The molecule has 1 fully saturated rings. The number of hydrogen-bond acceptors (Lipinski definition) is 3. The van der Waals surface area contributed by atoms with Crippen molar-refractivity contribution in [3.8, 4) is 5.75 Å². The first kappa shape index (κ1) is 23.2. The lowest BCUT2D eigenvalue weighted by Crippen LogP contribution is -2.46. The van der Waals surface area contributed by atoms with Gasteiger partial charge in [0.2, 0.25) is 5.91 Å². The van der Waals surface area contributed by atoms with Crippen LogP contribution in [-0.2, 0) is 17.8 Å². The molecule has 1 saturated heterocycles. The molecule has 0 aromatic heterocycles. The Morgan fingerprint density at radius 3 is 2.42 bits per heavy atom. The van der Waals surface area contributed by atoms with Gasteiger partial charge in [-0.1, -0.05) is 32.0 Å². The average Bonchev–Trinajstić information content (AvgIpc) is 2.73. The molecule has 0 unspecified atom stereocenters. The van der Waals surface area contributed by atoms with E-state index in [9.17, 15) is 13.6 Å². The Morgan fingerprint density at radius 2 is 1.81 bits per heavy atom. The van der Waals surface area contributed by atoms with Crippen LogP contribution in [0.2, 0.25) is 0 Å². The van der Waals surface area contributed by atoms with Crippen LogP contribution in [0, 0.1) is 17.6 Å². The molecule has 1 aliphatic heterocycles. The molecule has 2 aromatic rings. The summed E-state index contributed by atoms with van der Waals surface area (Å²) in [6.45, 7) is 6.76. The predicted octanol–water partition coefficient (Wildman–Crippen LogP) is 4.67. The van der Waals surface area contributed by atoms with Crippen molar-refractivity contribution in [3.05, 3.63) is 65.2 Å². The summed E-state index contributed by atoms with van der Waals surface area (Å²) in [6.07, 6.45) is 1.92. The summed E-state index contributed by atoms with van der Waals surface area (Å²) in [5.41, 5.74) is 1.23. The first-order chi connectivity index (χ1) is 14.8. The minimum Gasteiger partial charge on any atom is -0.493 e. The van der Waals surface area contributed by atoms with E-state index in [0.717, 1.165) is 43.3 Å². The Bertz CT molecular complexity index is 862. The van der Waals surface area contributed by atoms with Crippen molar-refractivity contribution in [2.24, 2.45) is 5.92 Å². The summed E-state index contributed by atoms with van der Waals surface area (Å²) in [4.78, 5) is 17.3. The van der Waals surface area contributed by atoms with Crippen LogP contribution in [0.3, 0.4) is 0 Å². The van der Waals surface area contributed by atoms with Crippen LogP contribution in [0.1, 0.15) is 37.8 Å². The molecule has 0 aliphatic carbocycles.